The summed E-state index contributed by atoms with van der Waals surface area (Å²) in [6.45, 7) is 2.64. The number of benzene rings is 2. The predicted octanol–water partition coefficient (Wildman–Crippen LogP) is 4.91. The number of nitrogens with zero attached hydrogens (tertiary/aromatic N) is 1. The van der Waals surface area contributed by atoms with Crippen molar-refractivity contribution in [2.45, 2.75) is 17.8 Å². The van der Waals surface area contributed by atoms with E-state index >= 15 is 0 Å². The summed E-state index contributed by atoms with van der Waals surface area (Å²) < 4.78 is 5.50. The molecule has 0 saturated carbocycles. The summed E-state index contributed by atoms with van der Waals surface area (Å²) in [4.78, 5) is 7.89. The van der Waals surface area contributed by atoms with Crippen molar-refractivity contribution >= 4 is 34.4 Å². The van der Waals surface area contributed by atoms with Gasteiger partial charge in [0.25, 0.3) is 0 Å². The Morgan fingerprint density at radius 3 is 2.76 bits per heavy atom. The number of aromatic amines is 1. The lowest BCUT2D eigenvalue weighted by atomic mass is 10.2. The van der Waals surface area contributed by atoms with E-state index in [1.807, 2.05) is 49.4 Å². The summed E-state index contributed by atoms with van der Waals surface area (Å²) in [6, 6.07) is 13.8. The maximum atomic E-state index is 5.89. The highest BCUT2D eigenvalue weighted by molar-refractivity contribution is 7.98. The lowest BCUT2D eigenvalue weighted by Crippen LogP contribution is -1.90. The second-order valence-electron chi connectivity index (χ2n) is 4.57. The van der Waals surface area contributed by atoms with Gasteiger partial charge in [-0.25, -0.2) is 4.98 Å². The van der Waals surface area contributed by atoms with Crippen LogP contribution in [0, 0.1) is 0 Å². The van der Waals surface area contributed by atoms with E-state index in [4.69, 9.17) is 16.3 Å². The van der Waals surface area contributed by atoms with Gasteiger partial charge in [-0.15, -0.1) is 0 Å². The number of ether oxygens (including phenoxy) is 1. The van der Waals surface area contributed by atoms with E-state index < -0.39 is 0 Å². The van der Waals surface area contributed by atoms with Crippen molar-refractivity contribution in [1.82, 2.24) is 9.97 Å². The van der Waals surface area contributed by atoms with Crippen molar-refractivity contribution in [3.05, 3.63) is 53.1 Å². The average Bonchev–Trinajstić information content (AvgIpc) is 2.89. The molecule has 0 unspecified atom stereocenters. The summed E-state index contributed by atoms with van der Waals surface area (Å²) in [5.41, 5.74) is 3.18. The van der Waals surface area contributed by atoms with Gasteiger partial charge in [0.05, 0.1) is 17.6 Å². The number of nitrogens with one attached hydrogen (secondary N) is 1. The topological polar surface area (TPSA) is 37.9 Å². The Kier molecular flexibility index (Phi) is 4.36. The zero-order chi connectivity index (χ0) is 14.7. The second kappa shape index (κ2) is 6.41. The molecule has 5 heteroatoms. The number of H-pyrrole nitrogens is 1. The first-order chi connectivity index (χ1) is 10.2. The Bertz CT molecular complexity index is 740. The van der Waals surface area contributed by atoms with E-state index in [2.05, 4.69) is 9.97 Å². The monoisotopic (exact) mass is 318 g/mol. The molecule has 0 amide bonds. The van der Waals surface area contributed by atoms with Gasteiger partial charge in [0, 0.05) is 16.8 Å². The van der Waals surface area contributed by atoms with E-state index in [1.54, 1.807) is 11.8 Å². The Hall–Kier alpha value is -1.65. The zero-order valence-corrected chi connectivity index (χ0v) is 13.2. The minimum absolute atomic E-state index is 0.665. The number of fused-ring (bicyclic) bond motifs is 1. The molecule has 3 nitrogen and oxygen atoms in total. The molecule has 2 aromatic carbocycles. The molecule has 1 N–H and O–H groups in total. The lowest BCUT2D eigenvalue weighted by Gasteiger charge is -2.00. The van der Waals surface area contributed by atoms with Gasteiger partial charge >= 0.3 is 0 Å². The molecule has 0 radical (unpaired) electrons. The number of hydrogen-bond donors (Lipinski definition) is 1. The average molecular weight is 319 g/mol. The van der Waals surface area contributed by atoms with Crippen LogP contribution < -0.4 is 4.74 Å². The first-order valence-electron chi connectivity index (χ1n) is 6.74. The molecule has 0 aliphatic rings. The summed E-state index contributed by atoms with van der Waals surface area (Å²) in [7, 11) is 0. The van der Waals surface area contributed by atoms with Crippen LogP contribution >= 0.6 is 23.4 Å². The van der Waals surface area contributed by atoms with Crippen LogP contribution in [0.3, 0.4) is 0 Å². The molecule has 1 aromatic heterocycles. The van der Waals surface area contributed by atoms with Gasteiger partial charge in [0.2, 0.25) is 0 Å². The number of thioether (sulfide) groups is 1. The number of imidazole rings is 1. The van der Waals surface area contributed by atoms with Crippen LogP contribution in [0.1, 0.15) is 12.5 Å². The van der Waals surface area contributed by atoms with Crippen LogP contribution in [0.2, 0.25) is 5.02 Å². The third-order valence-corrected chi connectivity index (χ3v) is 4.23. The van der Waals surface area contributed by atoms with E-state index in [-0.39, 0.29) is 0 Å². The maximum Gasteiger partial charge on any atom is 0.166 e. The number of halogens is 1. The zero-order valence-electron chi connectivity index (χ0n) is 11.6. The quantitative estimate of drug-likeness (QED) is 0.679. The fourth-order valence-electron chi connectivity index (χ4n) is 2.02. The Morgan fingerprint density at radius 1 is 1.19 bits per heavy atom. The number of hydrogen-bond acceptors (Lipinski definition) is 3. The molecule has 0 saturated heterocycles. The molecule has 108 valence electrons. The lowest BCUT2D eigenvalue weighted by molar-refractivity contribution is 0.340. The smallest absolute Gasteiger partial charge is 0.166 e. The molecule has 21 heavy (non-hydrogen) atoms. The predicted molar refractivity (Wildman–Crippen MR) is 88.3 cm³/mol. The van der Waals surface area contributed by atoms with Crippen LogP contribution in [0.5, 0.6) is 5.75 Å². The molecule has 1 heterocycles. The number of rotatable bonds is 5. The summed E-state index contributed by atoms with van der Waals surface area (Å²) in [5, 5.41) is 1.67. The third-order valence-electron chi connectivity index (χ3n) is 3.03. The largest absolute Gasteiger partial charge is 0.494 e. The van der Waals surface area contributed by atoms with Crippen molar-refractivity contribution in [1.29, 1.82) is 0 Å². The number of aromatic nitrogens is 2. The summed E-state index contributed by atoms with van der Waals surface area (Å²) >= 11 is 7.56. The maximum absolute atomic E-state index is 5.89. The van der Waals surface area contributed by atoms with Gasteiger partial charge in [0.15, 0.2) is 5.16 Å². The molecular weight excluding hydrogens is 304 g/mol. The Morgan fingerprint density at radius 2 is 2.00 bits per heavy atom. The van der Waals surface area contributed by atoms with Crippen LogP contribution in [0.25, 0.3) is 11.0 Å². The summed E-state index contributed by atoms with van der Waals surface area (Å²) in [6.07, 6.45) is 0. The molecule has 3 aromatic rings. The molecule has 0 aliphatic carbocycles. The minimum atomic E-state index is 0.665. The van der Waals surface area contributed by atoms with Gasteiger partial charge < -0.3 is 9.72 Å². The van der Waals surface area contributed by atoms with Gasteiger partial charge in [-0.1, -0.05) is 35.5 Å². The molecular formula is C16H15ClN2OS. The van der Waals surface area contributed by atoms with Gasteiger partial charge in [-0.05, 0) is 36.8 Å². The van der Waals surface area contributed by atoms with E-state index in [0.717, 1.165) is 32.7 Å². The molecule has 0 bridgehead atoms. The fourth-order valence-corrected chi connectivity index (χ4v) is 2.99. The van der Waals surface area contributed by atoms with Crippen molar-refractivity contribution in [2.75, 3.05) is 6.61 Å². The van der Waals surface area contributed by atoms with Crippen molar-refractivity contribution in [3.8, 4) is 5.75 Å². The third kappa shape index (κ3) is 3.52. The first-order valence-corrected chi connectivity index (χ1v) is 8.11. The molecule has 0 spiro atoms. The van der Waals surface area contributed by atoms with Crippen molar-refractivity contribution in [3.63, 3.8) is 0 Å². The van der Waals surface area contributed by atoms with Gasteiger partial charge in [-0.3, -0.25) is 0 Å². The highest BCUT2D eigenvalue weighted by Crippen LogP contribution is 2.25. The highest BCUT2D eigenvalue weighted by Gasteiger charge is 2.05. The molecule has 0 aliphatic heterocycles. The molecule has 3 rings (SSSR count). The van der Waals surface area contributed by atoms with Crippen molar-refractivity contribution < 1.29 is 4.74 Å². The van der Waals surface area contributed by atoms with Crippen LogP contribution in [-0.2, 0) is 5.75 Å². The highest BCUT2D eigenvalue weighted by atomic mass is 35.5. The van der Waals surface area contributed by atoms with E-state index in [0.29, 0.717) is 6.61 Å². The van der Waals surface area contributed by atoms with E-state index in [1.165, 1.54) is 5.56 Å². The normalized spacial score (nSPS) is 11.0. The first kappa shape index (κ1) is 14.3. The van der Waals surface area contributed by atoms with E-state index in [9.17, 15) is 0 Å². The van der Waals surface area contributed by atoms with Crippen LogP contribution in [0.15, 0.2) is 47.6 Å². The van der Waals surface area contributed by atoms with Crippen molar-refractivity contribution in [2.24, 2.45) is 0 Å². The summed E-state index contributed by atoms with van der Waals surface area (Å²) in [5.74, 6) is 1.72. The molecule has 0 atom stereocenters. The van der Waals surface area contributed by atoms with Crippen LogP contribution in [0.4, 0.5) is 0 Å². The Balaban J connectivity index is 1.73. The second-order valence-corrected chi connectivity index (χ2v) is 5.97. The van der Waals surface area contributed by atoms with Gasteiger partial charge in [-0.2, -0.15) is 0 Å². The Labute approximate surface area is 132 Å². The van der Waals surface area contributed by atoms with Crippen LogP contribution in [-0.4, -0.2) is 16.6 Å². The standard InChI is InChI=1S/C16H15ClN2OS/c1-2-20-13-7-8-14-15(9-13)19-16(18-14)21-10-11-3-5-12(17)6-4-11/h3-9H,2,10H2,1H3,(H,18,19). The SMILES string of the molecule is CCOc1ccc2nc(SCc3ccc(Cl)cc3)[nH]c2c1. The minimum Gasteiger partial charge on any atom is -0.494 e. The molecule has 0 fully saturated rings. The fraction of sp³-hybridized carbons (Fsp3) is 0.188. The van der Waals surface area contributed by atoms with Gasteiger partial charge in [0.1, 0.15) is 5.75 Å².